The smallest absolute Gasteiger partial charge is 0.191 e. The van der Waals surface area contributed by atoms with Crippen molar-refractivity contribution in [1.82, 2.24) is 20.4 Å². The maximum Gasteiger partial charge on any atom is 0.191 e. The van der Waals surface area contributed by atoms with Gasteiger partial charge in [0.25, 0.3) is 0 Å². The summed E-state index contributed by atoms with van der Waals surface area (Å²) in [6.45, 7) is 7.11. The number of aryl methyl sites for hydroxylation is 2. The minimum absolute atomic E-state index is 0.258. The zero-order valence-electron chi connectivity index (χ0n) is 15.7. The van der Waals surface area contributed by atoms with Crippen molar-refractivity contribution in [2.45, 2.75) is 39.7 Å². The van der Waals surface area contributed by atoms with Crippen LogP contribution in [-0.2, 0) is 19.9 Å². The van der Waals surface area contributed by atoms with Crippen molar-refractivity contribution >= 4 is 17.6 Å². The van der Waals surface area contributed by atoms with Gasteiger partial charge in [-0.15, -0.1) is 0 Å². The van der Waals surface area contributed by atoms with E-state index in [0.717, 1.165) is 41.6 Å². The largest absolute Gasteiger partial charge is 0.356 e. The molecule has 0 spiro atoms. The molecule has 0 bridgehead atoms. The van der Waals surface area contributed by atoms with Gasteiger partial charge in [-0.3, -0.25) is 9.67 Å². The van der Waals surface area contributed by atoms with Gasteiger partial charge in [-0.25, -0.2) is 0 Å². The van der Waals surface area contributed by atoms with E-state index in [2.05, 4.69) is 47.6 Å². The van der Waals surface area contributed by atoms with Crippen LogP contribution >= 0.6 is 11.6 Å². The summed E-state index contributed by atoms with van der Waals surface area (Å²) in [6, 6.07) is 8.19. The highest BCUT2D eigenvalue weighted by Crippen LogP contribution is 2.15. The SMILES string of the molecule is CN=C(NCCc1ccccc1Cl)NC(C)Cc1c(C)nn(C)c1C. The third-order valence-corrected chi connectivity index (χ3v) is 4.79. The molecule has 1 heterocycles. The molecular formula is C19H28ClN5. The fraction of sp³-hybridized carbons (Fsp3) is 0.474. The molecule has 6 heteroatoms. The van der Waals surface area contributed by atoms with Gasteiger partial charge >= 0.3 is 0 Å². The summed E-state index contributed by atoms with van der Waals surface area (Å²) < 4.78 is 1.94. The summed E-state index contributed by atoms with van der Waals surface area (Å²) in [5.41, 5.74) is 4.75. The molecule has 1 aromatic carbocycles. The molecule has 2 aromatic rings. The van der Waals surface area contributed by atoms with E-state index in [4.69, 9.17) is 11.6 Å². The molecule has 1 aromatic heterocycles. The highest BCUT2D eigenvalue weighted by molar-refractivity contribution is 6.31. The first-order valence-electron chi connectivity index (χ1n) is 8.62. The molecule has 1 unspecified atom stereocenters. The van der Waals surface area contributed by atoms with Crippen molar-refractivity contribution in [1.29, 1.82) is 0 Å². The molecule has 0 radical (unpaired) electrons. The van der Waals surface area contributed by atoms with E-state index in [9.17, 15) is 0 Å². The van der Waals surface area contributed by atoms with Crippen molar-refractivity contribution < 1.29 is 0 Å². The van der Waals surface area contributed by atoms with Crippen molar-refractivity contribution in [3.63, 3.8) is 0 Å². The molecule has 0 amide bonds. The fourth-order valence-corrected chi connectivity index (χ4v) is 3.15. The Morgan fingerprint density at radius 2 is 2.04 bits per heavy atom. The van der Waals surface area contributed by atoms with E-state index >= 15 is 0 Å². The maximum atomic E-state index is 6.20. The summed E-state index contributed by atoms with van der Waals surface area (Å²) in [4.78, 5) is 4.31. The molecule has 1 atom stereocenters. The number of aliphatic imine (C=N–C) groups is 1. The summed E-state index contributed by atoms with van der Waals surface area (Å²) in [5.74, 6) is 0.804. The van der Waals surface area contributed by atoms with E-state index in [1.807, 2.05) is 29.9 Å². The van der Waals surface area contributed by atoms with Gasteiger partial charge in [0.2, 0.25) is 0 Å². The number of guanidine groups is 1. The minimum Gasteiger partial charge on any atom is -0.356 e. The average Bonchev–Trinajstić information content (AvgIpc) is 2.82. The molecule has 0 saturated carbocycles. The number of nitrogens with one attached hydrogen (secondary N) is 2. The quantitative estimate of drug-likeness (QED) is 0.614. The Labute approximate surface area is 155 Å². The van der Waals surface area contributed by atoms with E-state index < -0.39 is 0 Å². The molecule has 136 valence electrons. The molecular weight excluding hydrogens is 334 g/mol. The monoisotopic (exact) mass is 361 g/mol. The van der Waals surface area contributed by atoms with Crippen LogP contribution in [0.25, 0.3) is 0 Å². The maximum absolute atomic E-state index is 6.20. The van der Waals surface area contributed by atoms with E-state index in [0.29, 0.717) is 0 Å². The molecule has 0 aliphatic heterocycles. The highest BCUT2D eigenvalue weighted by Gasteiger charge is 2.14. The number of aromatic nitrogens is 2. The molecule has 0 aliphatic rings. The Morgan fingerprint density at radius 3 is 2.64 bits per heavy atom. The normalized spacial score (nSPS) is 13.0. The van der Waals surface area contributed by atoms with Gasteiger partial charge in [0, 0.05) is 37.4 Å². The van der Waals surface area contributed by atoms with Crippen molar-refractivity contribution in [2.24, 2.45) is 12.0 Å². The molecule has 0 saturated heterocycles. The molecule has 2 rings (SSSR count). The third kappa shape index (κ3) is 5.23. The molecule has 0 fully saturated rings. The number of rotatable bonds is 6. The fourth-order valence-electron chi connectivity index (χ4n) is 2.91. The minimum atomic E-state index is 0.258. The van der Waals surface area contributed by atoms with Gasteiger partial charge in [-0.2, -0.15) is 5.10 Å². The second kappa shape index (κ2) is 8.90. The Bertz CT molecular complexity index is 735. The number of hydrogen-bond acceptors (Lipinski definition) is 2. The Balaban J connectivity index is 1.86. The van der Waals surface area contributed by atoms with E-state index in [-0.39, 0.29) is 6.04 Å². The zero-order chi connectivity index (χ0) is 18.4. The Kier molecular flexibility index (Phi) is 6.88. The lowest BCUT2D eigenvalue weighted by atomic mass is 10.1. The van der Waals surface area contributed by atoms with E-state index in [1.165, 1.54) is 11.3 Å². The first kappa shape index (κ1) is 19.3. The van der Waals surface area contributed by atoms with E-state index in [1.54, 1.807) is 7.05 Å². The predicted molar refractivity (Wildman–Crippen MR) is 106 cm³/mol. The van der Waals surface area contributed by atoms with Gasteiger partial charge < -0.3 is 10.6 Å². The number of halogens is 1. The van der Waals surface area contributed by atoms with Gasteiger partial charge in [-0.1, -0.05) is 29.8 Å². The van der Waals surface area contributed by atoms with Crippen LogP contribution in [0.2, 0.25) is 5.02 Å². The standard InChI is InChI=1S/C19H28ClN5/c1-13(12-17-14(2)24-25(5)15(17)3)23-19(21-4)22-11-10-16-8-6-7-9-18(16)20/h6-9,13H,10-12H2,1-5H3,(H2,21,22,23). The van der Waals surface area contributed by atoms with Crippen LogP contribution in [0.5, 0.6) is 0 Å². The summed E-state index contributed by atoms with van der Waals surface area (Å²) in [7, 11) is 3.78. The molecule has 2 N–H and O–H groups in total. The zero-order valence-corrected chi connectivity index (χ0v) is 16.5. The lowest BCUT2D eigenvalue weighted by Gasteiger charge is -2.18. The summed E-state index contributed by atoms with van der Waals surface area (Å²) in [5, 5.41) is 12.1. The second-order valence-corrected chi connectivity index (χ2v) is 6.77. The highest BCUT2D eigenvalue weighted by atomic mass is 35.5. The lowest BCUT2D eigenvalue weighted by molar-refractivity contribution is 0.635. The van der Waals surface area contributed by atoms with Crippen LogP contribution in [0.1, 0.15) is 29.4 Å². The van der Waals surface area contributed by atoms with Crippen molar-refractivity contribution in [3.05, 3.63) is 51.8 Å². The van der Waals surface area contributed by atoms with Crippen LogP contribution in [0.15, 0.2) is 29.3 Å². The lowest BCUT2D eigenvalue weighted by Crippen LogP contribution is -2.43. The Morgan fingerprint density at radius 1 is 1.32 bits per heavy atom. The van der Waals surface area contributed by atoms with Crippen LogP contribution in [0.4, 0.5) is 0 Å². The van der Waals surface area contributed by atoms with Crippen LogP contribution in [0, 0.1) is 13.8 Å². The first-order valence-corrected chi connectivity index (χ1v) is 8.99. The first-order chi connectivity index (χ1) is 11.9. The van der Waals surface area contributed by atoms with Crippen molar-refractivity contribution in [3.8, 4) is 0 Å². The third-order valence-electron chi connectivity index (χ3n) is 4.42. The van der Waals surface area contributed by atoms with Gasteiger partial charge in [-0.05, 0) is 50.8 Å². The van der Waals surface area contributed by atoms with Crippen molar-refractivity contribution in [2.75, 3.05) is 13.6 Å². The molecule has 25 heavy (non-hydrogen) atoms. The second-order valence-electron chi connectivity index (χ2n) is 6.36. The predicted octanol–water partition coefficient (Wildman–Crippen LogP) is 3.03. The molecule has 5 nitrogen and oxygen atoms in total. The average molecular weight is 362 g/mol. The Hall–Kier alpha value is -2.01. The van der Waals surface area contributed by atoms with Crippen LogP contribution in [0.3, 0.4) is 0 Å². The summed E-state index contributed by atoms with van der Waals surface area (Å²) in [6.07, 6.45) is 1.77. The molecule has 0 aliphatic carbocycles. The topological polar surface area (TPSA) is 54.2 Å². The van der Waals surface area contributed by atoms with Gasteiger partial charge in [0.05, 0.1) is 5.69 Å². The van der Waals surface area contributed by atoms with Crippen LogP contribution < -0.4 is 10.6 Å². The number of benzene rings is 1. The summed E-state index contributed by atoms with van der Waals surface area (Å²) >= 11 is 6.20. The van der Waals surface area contributed by atoms with Gasteiger partial charge in [0.15, 0.2) is 5.96 Å². The van der Waals surface area contributed by atoms with Gasteiger partial charge in [0.1, 0.15) is 0 Å². The van der Waals surface area contributed by atoms with Crippen LogP contribution in [-0.4, -0.2) is 35.4 Å². The number of nitrogens with zero attached hydrogens (tertiary/aromatic N) is 3. The number of hydrogen-bond donors (Lipinski definition) is 2.